The Morgan fingerprint density at radius 3 is 2.46 bits per heavy atom. The van der Waals surface area contributed by atoms with E-state index >= 15 is 0 Å². The third-order valence-corrected chi connectivity index (χ3v) is 3.42. The Morgan fingerprint density at radius 1 is 1.23 bits per heavy atom. The first-order valence-corrected chi connectivity index (χ1v) is 6.60. The molecular weight excluding hydrogens is 180 g/mol. The molecule has 0 aromatic heterocycles. The van der Waals surface area contributed by atoms with Crippen LogP contribution >= 0.6 is 11.8 Å². The summed E-state index contributed by atoms with van der Waals surface area (Å²) in [5.41, 5.74) is 0. The summed E-state index contributed by atoms with van der Waals surface area (Å²) in [5, 5.41) is 0.569. The third-order valence-electron chi connectivity index (χ3n) is 2.32. The van der Waals surface area contributed by atoms with Gasteiger partial charge in [0.25, 0.3) is 0 Å². The minimum Gasteiger partial charge on any atom is -0.303 e. The Hall–Kier alpha value is 0.0200. The molecule has 2 heteroatoms. The first-order chi connectivity index (χ1) is 6.35. The van der Waals surface area contributed by atoms with E-state index in [2.05, 4.69) is 13.2 Å². The Bertz CT molecular complexity index is 115. The number of aldehydes is 1. The Balaban J connectivity index is 3.22. The molecule has 1 unspecified atom stereocenters. The van der Waals surface area contributed by atoms with Crippen LogP contribution in [0.1, 0.15) is 51.9 Å². The topological polar surface area (TPSA) is 17.1 Å². The second kappa shape index (κ2) is 10.1. The first kappa shape index (κ1) is 13.0. The minimum atomic E-state index is 0.569. The van der Waals surface area contributed by atoms with Crippen LogP contribution in [-0.4, -0.2) is 17.8 Å². The fourth-order valence-electron chi connectivity index (χ4n) is 1.41. The lowest BCUT2D eigenvalue weighted by atomic mass is 10.1. The molecule has 0 amide bonds. The SMILES string of the molecule is CCCCCCCC(CC=O)SC. The normalized spacial score (nSPS) is 12.8. The van der Waals surface area contributed by atoms with Crippen molar-refractivity contribution in [3.8, 4) is 0 Å². The molecule has 0 fully saturated rings. The van der Waals surface area contributed by atoms with E-state index in [1.165, 1.54) is 38.5 Å². The van der Waals surface area contributed by atoms with Gasteiger partial charge in [0.15, 0.2) is 0 Å². The Labute approximate surface area is 86.7 Å². The van der Waals surface area contributed by atoms with E-state index in [1.54, 1.807) is 0 Å². The smallest absolute Gasteiger partial charge is 0.121 e. The molecule has 0 heterocycles. The highest BCUT2D eigenvalue weighted by Crippen LogP contribution is 2.17. The molecule has 0 N–H and O–H groups in total. The number of carbonyl (C=O) groups excluding carboxylic acids is 1. The molecule has 0 rings (SSSR count). The molecular formula is C11H22OS. The molecule has 0 radical (unpaired) electrons. The number of thioether (sulfide) groups is 1. The average Bonchev–Trinajstić information content (AvgIpc) is 2.16. The predicted molar refractivity (Wildman–Crippen MR) is 61.4 cm³/mol. The van der Waals surface area contributed by atoms with Gasteiger partial charge in [-0.05, 0) is 12.7 Å². The molecule has 78 valence electrons. The monoisotopic (exact) mass is 202 g/mol. The molecule has 13 heavy (non-hydrogen) atoms. The molecule has 0 aromatic rings. The molecule has 0 aliphatic heterocycles. The van der Waals surface area contributed by atoms with Crippen LogP contribution in [0.4, 0.5) is 0 Å². The van der Waals surface area contributed by atoms with Crippen LogP contribution in [0.5, 0.6) is 0 Å². The molecule has 0 aromatic carbocycles. The van der Waals surface area contributed by atoms with Gasteiger partial charge in [-0.2, -0.15) is 11.8 Å². The van der Waals surface area contributed by atoms with Crippen LogP contribution in [0.3, 0.4) is 0 Å². The number of hydrogen-bond acceptors (Lipinski definition) is 2. The first-order valence-electron chi connectivity index (χ1n) is 5.31. The van der Waals surface area contributed by atoms with Crippen molar-refractivity contribution in [2.45, 2.75) is 57.1 Å². The van der Waals surface area contributed by atoms with E-state index in [0.717, 1.165) is 12.7 Å². The summed E-state index contributed by atoms with van der Waals surface area (Å²) in [6.07, 6.45) is 11.7. The van der Waals surface area contributed by atoms with Gasteiger partial charge in [0.1, 0.15) is 6.29 Å². The summed E-state index contributed by atoms with van der Waals surface area (Å²) in [6, 6.07) is 0. The van der Waals surface area contributed by atoms with Crippen LogP contribution in [-0.2, 0) is 4.79 Å². The minimum absolute atomic E-state index is 0.569. The van der Waals surface area contributed by atoms with Crippen LogP contribution in [0, 0.1) is 0 Å². The van der Waals surface area contributed by atoms with Crippen molar-refractivity contribution in [1.82, 2.24) is 0 Å². The molecule has 1 atom stereocenters. The van der Waals surface area contributed by atoms with Crippen molar-refractivity contribution >= 4 is 18.0 Å². The lowest BCUT2D eigenvalue weighted by Crippen LogP contribution is -2.02. The van der Waals surface area contributed by atoms with Crippen molar-refractivity contribution in [3.63, 3.8) is 0 Å². The van der Waals surface area contributed by atoms with E-state index in [-0.39, 0.29) is 0 Å². The fraction of sp³-hybridized carbons (Fsp3) is 0.909. The summed E-state index contributed by atoms with van der Waals surface area (Å²) in [6.45, 7) is 2.23. The van der Waals surface area contributed by atoms with Crippen LogP contribution in [0.25, 0.3) is 0 Å². The van der Waals surface area contributed by atoms with Crippen molar-refractivity contribution < 1.29 is 4.79 Å². The van der Waals surface area contributed by atoms with Gasteiger partial charge in [0, 0.05) is 11.7 Å². The van der Waals surface area contributed by atoms with Crippen molar-refractivity contribution in [2.75, 3.05) is 6.26 Å². The van der Waals surface area contributed by atoms with Crippen LogP contribution in [0.15, 0.2) is 0 Å². The zero-order chi connectivity index (χ0) is 9.94. The molecule has 0 aliphatic rings. The van der Waals surface area contributed by atoms with Crippen molar-refractivity contribution in [3.05, 3.63) is 0 Å². The lowest BCUT2D eigenvalue weighted by Gasteiger charge is -2.09. The second-order valence-electron chi connectivity index (χ2n) is 3.46. The van der Waals surface area contributed by atoms with E-state index in [4.69, 9.17) is 0 Å². The van der Waals surface area contributed by atoms with Crippen molar-refractivity contribution in [1.29, 1.82) is 0 Å². The highest BCUT2D eigenvalue weighted by molar-refractivity contribution is 7.99. The van der Waals surface area contributed by atoms with E-state index in [0.29, 0.717) is 5.25 Å². The molecule has 1 nitrogen and oxygen atoms in total. The molecule has 0 spiro atoms. The molecule has 0 saturated heterocycles. The number of rotatable bonds is 9. The second-order valence-corrected chi connectivity index (χ2v) is 4.60. The summed E-state index contributed by atoms with van der Waals surface area (Å²) in [7, 11) is 0. The molecule has 0 saturated carbocycles. The van der Waals surface area contributed by atoms with Crippen LogP contribution < -0.4 is 0 Å². The van der Waals surface area contributed by atoms with Gasteiger partial charge in [0.2, 0.25) is 0 Å². The third kappa shape index (κ3) is 8.35. The number of hydrogen-bond donors (Lipinski definition) is 0. The maximum absolute atomic E-state index is 10.3. The van der Waals surface area contributed by atoms with Gasteiger partial charge in [-0.3, -0.25) is 0 Å². The predicted octanol–water partition coefficient (Wildman–Crippen LogP) is 3.67. The van der Waals surface area contributed by atoms with Gasteiger partial charge in [-0.1, -0.05) is 39.0 Å². The Morgan fingerprint density at radius 2 is 1.92 bits per heavy atom. The number of carbonyl (C=O) groups is 1. The summed E-state index contributed by atoms with van der Waals surface area (Å²) in [5.74, 6) is 0. The van der Waals surface area contributed by atoms with E-state index in [9.17, 15) is 4.79 Å². The van der Waals surface area contributed by atoms with Gasteiger partial charge in [-0.15, -0.1) is 0 Å². The molecule has 0 aliphatic carbocycles. The average molecular weight is 202 g/mol. The summed E-state index contributed by atoms with van der Waals surface area (Å²) in [4.78, 5) is 10.3. The maximum Gasteiger partial charge on any atom is 0.121 e. The number of unbranched alkanes of at least 4 members (excludes halogenated alkanes) is 4. The molecule has 0 bridgehead atoms. The fourth-order valence-corrected chi connectivity index (χ4v) is 2.09. The summed E-state index contributed by atoms with van der Waals surface area (Å²) >= 11 is 1.83. The Kier molecular flexibility index (Phi) is 10.1. The lowest BCUT2D eigenvalue weighted by molar-refractivity contribution is -0.107. The van der Waals surface area contributed by atoms with Gasteiger partial charge < -0.3 is 4.79 Å². The van der Waals surface area contributed by atoms with E-state index < -0.39 is 0 Å². The van der Waals surface area contributed by atoms with Gasteiger partial charge >= 0.3 is 0 Å². The largest absolute Gasteiger partial charge is 0.303 e. The standard InChI is InChI=1S/C11H22OS/c1-3-4-5-6-7-8-11(13-2)9-10-12/h10-11H,3-9H2,1-2H3. The quantitative estimate of drug-likeness (QED) is 0.419. The van der Waals surface area contributed by atoms with Gasteiger partial charge in [-0.25, -0.2) is 0 Å². The maximum atomic E-state index is 10.3. The van der Waals surface area contributed by atoms with E-state index in [1.807, 2.05) is 11.8 Å². The zero-order valence-corrected chi connectivity index (χ0v) is 9.74. The zero-order valence-electron chi connectivity index (χ0n) is 8.92. The van der Waals surface area contributed by atoms with Crippen molar-refractivity contribution in [2.24, 2.45) is 0 Å². The van der Waals surface area contributed by atoms with Crippen LogP contribution in [0.2, 0.25) is 0 Å². The highest BCUT2D eigenvalue weighted by atomic mass is 32.2. The van der Waals surface area contributed by atoms with Gasteiger partial charge in [0.05, 0.1) is 0 Å². The highest BCUT2D eigenvalue weighted by Gasteiger charge is 2.04. The summed E-state index contributed by atoms with van der Waals surface area (Å²) < 4.78 is 0.